The van der Waals surface area contributed by atoms with Crippen LogP contribution in [0.2, 0.25) is 0 Å². The molecule has 0 radical (unpaired) electrons. The second-order valence-electron chi connectivity index (χ2n) is 7.19. The molecule has 1 aliphatic rings. The molecule has 0 saturated carbocycles. The third-order valence-corrected chi connectivity index (χ3v) is 5.64. The van der Waals surface area contributed by atoms with E-state index in [0.29, 0.717) is 25.9 Å². The van der Waals surface area contributed by atoms with Crippen molar-refractivity contribution < 1.29 is 9.59 Å². The van der Waals surface area contributed by atoms with Crippen molar-refractivity contribution in [1.82, 2.24) is 14.7 Å². The van der Waals surface area contributed by atoms with Crippen molar-refractivity contribution in [3.05, 3.63) is 59.4 Å². The number of benzene rings is 1. The van der Waals surface area contributed by atoms with E-state index >= 15 is 0 Å². The molecule has 0 atom stereocenters. The average Bonchev–Trinajstić information content (AvgIpc) is 3.06. The van der Waals surface area contributed by atoms with Crippen LogP contribution in [0.15, 0.2) is 42.6 Å². The van der Waals surface area contributed by atoms with E-state index in [1.165, 1.54) is 0 Å². The smallest absolute Gasteiger partial charge is 0.246 e. The van der Waals surface area contributed by atoms with E-state index in [4.69, 9.17) is 0 Å². The number of Topliss-reactive ketones (excluding diaryl/α,β-unsaturated/α-hetero) is 1. The van der Waals surface area contributed by atoms with Crippen LogP contribution in [0.5, 0.6) is 0 Å². The van der Waals surface area contributed by atoms with Crippen LogP contribution in [0.1, 0.15) is 43.5 Å². The number of aryl methyl sites for hydroxylation is 2. The number of hydrogen-bond acceptors (Lipinski definition) is 3. The lowest BCUT2D eigenvalue weighted by Gasteiger charge is -2.40. The molecule has 0 aliphatic carbocycles. The number of nitrogens with zero attached hydrogens (tertiary/aromatic N) is 3. The van der Waals surface area contributed by atoms with E-state index in [2.05, 4.69) is 5.10 Å². The number of likely N-dealkylation sites (tertiary alicyclic amines) is 1. The molecular weight excluding hydrogens is 338 g/mol. The minimum Gasteiger partial charge on any atom is -0.339 e. The largest absolute Gasteiger partial charge is 0.339 e. The first kappa shape index (κ1) is 19.1. The molecule has 3 rings (SSSR count). The van der Waals surface area contributed by atoms with E-state index in [-0.39, 0.29) is 11.7 Å². The second kappa shape index (κ2) is 7.91. The molecule has 1 aromatic heterocycles. The molecule has 0 unspecified atom stereocenters. The van der Waals surface area contributed by atoms with Gasteiger partial charge in [0.25, 0.3) is 0 Å². The van der Waals surface area contributed by atoms with Gasteiger partial charge in [-0.05, 0) is 45.3 Å². The predicted octanol–water partition coefficient (Wildman–Crippen LogP) is 3.37. The predicted molar refractivity (Wildman–Crippen MR) is 106 cm³/mol. The van der Waals surface area contributed by atoms with Gasteiger partial charge in [-0.2, -0.15) is 5.10 Å². The molecule has 1 aromatic carbocycles. The molecule has 5 nitrogen and oxygen atoms in total. The van der Waals surface area contributed by atoms with Crippen LogP contribution in [0.25, 0.3) is 6.08 Å². The fourth-order valence-corrected chi connectivity index (χ4v) is 3.84. The van der Waals surface area contributed by atoms with Gasteiger partial charge in [0.1, 0.15) is 5.78 Å². The van der Waals surface area contributed by atoms with Crippen molar-refractivity contribution in [3.8, 4) is 0 Å². The van der Waals surface area contributed by atoms with Crippen LogP contribution in [0.3, 0.4) is 0 Å². The van der Waals surface area contributed by atoms with Crippen molar-refractivity contribution in [3.63, 3.8) is 0 Å². The summed E-state index contributed by atoms with van der Waals surface area (Å²) in [7, 11) is 0. The highest BCUT2D eigenvalue weighted by molar-refractivity contribution is 5.93. The summed E-state index contributed by atoms with van der Waals surface area (Å²) in [6.45, 7) is 7.63. The molecule has 142 valence electrons. The highest BCUT2D eigenvalue weighted by Crippen LogP contribution is 2.36. The molecule has 1 fully saturated rings. The van der Waals surface area contributed by atoms with E-state index in [1.807, 2.05) is 66.0 Å². The lowest BCUT2D eigenvalue weighted by molar-refractivity contribution is -0.131. The Kier molecular flexibility index (Phi) is 5.59. The van der Waals surface area contributed by atoms with Crippen molar-refractivity contribution in [1.29, 1.82) is 0 Å². The highest BCUT2D eigenvalue weighted by Gasteiger charge is 2.40. The van der Waals surface area contributed by atoms with Crippen LogP contribution in [-0.4, -0.2) is 39.5 Å². The number of rotatable bonds is 5. The van der Waals surface area contributed by atoms with E-state index in [0.717, 1.165) is 23.4 Å². The zero-order chi connectivity index (χ0) is 19.4. The third kappa shape index (κ3) is 3.87. The summed E-state index contributed by atoms with van der Waals surface area (Å²) in [5, 5.41) is 4.39. The third-order valence-electron chi connectivity index (χ3n) is 5.64. The number of carbonyl (C=O) groups excluding carboxylic acids is 2. The summed E-state index contributed by atoms with van der Waals surface area (Å²) in [5.74, 6) is 0.169. The summed E-state index contributed by atoms with van der Waals surface area (Å²) >= 11 is 0. The maximum Gasteiger partial charge on any atom is 0.246 e. The minimum absolute atomic E-state index is 0.0103. The highest BCUT2D eigenvalue weighted by atomic mass is 16.2. The first-order valence-corrected chi connectivity index (χ1v) is 9.54. The Bertz CT molecular complexity index is 844. The Hall–Kier alpha value is -2.69. The molecule has 0 N–H and O–H groups in total. The Morgan fingerprint density at radius 3 is 2.41 bits per heavy atom. The first-order valence-electron chi connectivity index (χ1n) is 9.54. The number of ketones is 1. The number of hydrogen-bond donors (Lipinski definition) is 0. The normalized spacial score (nSPS) is 16.6. The van der Waals surface area contributed by atoms with Crippen LogP contribution < -0.4 is 0 Å². The topological polar surface area (TPSA) is 55.2 Å². The molecule has 0 spiro atoms. The number of carbonyl (C=O) groups is 2. The van der Waals surface area contributed by atoms with Crippen LogP contribution in [0, 0.1) is 6.92 Å². The summed E-state index contributed by atoms with van der Waals surface area (Å²) in [5.41, 5.74) is 2.46. The van der Waals surface area contributed by atoms with E-state index in [9.17, 15) is 9.59 Å². The minimum atomic E-state index is -0.472. The Morgan fingerprint density at radius 2 is 1.85 bits per heavy atom. The van der Waals surface area contributed by atoms with Gasteiger partial charge in [-0.1, -0.05) is 30.3 Å². The van der Waals surface area contributed by atoms with Gasteiger partial charge in [0.15, 0.2) is 0 Å². The Morgan fingerprint density at radius 1 is 1.19 bits per heavy atom. The first-order chi connectivity index (χ1) is 13.0. The molecule has 1 amide bonds. The zero-order valence-electron chi connectivity index (χ0n) is 16.3. The fraction of sp³-hybridized carbons (Fsp3) is 0.409. The number of piperidine rings is 1. The quantitative estimate of drug-likeness (QED) is 0.764. The molecule has 27 heavy (non-hydrogen) atoms. The summed E-state index contributed by atoms with van der Waals surface area (Å²) < 4.78 is 1.86. The lowest BCUT2D eigenvalue weighted by atomic mass is 9.70. The molecule has 1 aliphatic heterocycles. The van der Waals surface area contributed by atoms with Crippen molar-refractivity contribution in [2.24, 2.45) is 0 Å². The Balaban J connectivity index is 1.69. The maximum atomic E-state index is 12.6. The van der Waals surface area contributed by atoms with Gasteiger partial charge >= 0.3 is 0 Å². The van der Waals surface area contributed by atoms with Gasteiger partial charge in [-0.15, -0.1) is 0 Å². The molecule has 5 heteroatoms. The van der Waals surface area contributed by atoms with Crippen molar-refractivity contribution in [2.45, 2.75) is 45.6 Å². The van der Waals surface area contributed by atoms with Gasteiger partial charge in [0.2, 0.25) is 5.91 Å². The average molecular weight is 365 g/mol. The molecule has 0 bridgehead atoms. The van der Waals surface area contributed by atoms with Crippen LogP contribution in [-0.2, 0) is 21.5 Å². The van der Waals surface area contributed by atoms with Crippen LogP contribution >= 0.6 is 0 Å². The van der Waals surface area contributed by atoms with Gasteiger partial charge in [-0.3, -0.25) is 14.3 Å². The fourth-order valence-electron chi connectivity index (χ4n) is 3.84. The van der Waals surface area contributed by atoms with E-state index < -0.39 is 5.41 Å². The monoisotopic (exact) mass is 365 g/mol. The zero-order valence-corrected chi connectivity index (χ0v) is 16.3. The van der Waals surface area contributed by atoms with Gasteiger partial charge in [-0.25, -0.2) is 0 Å². The molecule has 2 aromatic rings. The van der Waals surface area contributed by atoms with Gasteiger partial charge < -0.3 is 4.90 Å². The lowest BCUT2D eigenvalue weighted by Crippen LogP contribution is -2.48. The van der Waals surface area contributed by atoms with Crippen LogP contribution in [0.4, 0.5) is 0 Å². The summed E-state index contributed by atoms with van der Waals surface area (Å²) in [4.78, 5) is 26.9. The second-order valence-corrected chi connectivity index (χ2v) is 7.19. The standard InChI is InChI=1S/C22H27N3O2/c1-4-25-16-19(17(2)23-25)10-11-21(27)24-14-12-22(13-15-24,18(3)26)20-8-6-5-7-9-20/h5-11,16H,4,12-15H2,1-3H3. The maximum absolute atomic E-state index is 12.6. The summed E-state index contributed by atoms with van der Waals surface area (Å²) in [6, 6.07) is 9.95. The Labute approximate surface area is 160 Å². The SMILES string of the molecule is CCn1cc(C=CC(=O)N2CCC(C(C)=O)(c3ccccc3)CC2)c(C)n1. The summed E-state index contributed by atoms with van der Waals surface area (Å²) in [6.07, 6.45) is 6.73. The van der Waals surface area contributed by atoms with Gasteiger partial charge in [0, 0.05) is 37.5 Å². The number of aromatic nitrogens is 2. The molecule has 1 saturated heterocycles. The van der Waals surface area contributed by atoms with Crippen molar-refractivity contribution in [2.75, 3.05) is 13.1 Å². The van der Waals surface area contributed by atoms with Gasteiger partial charge in [0.05, 0.1) is 11.1 Å². The van der Waals surface area contributed by atoms with Crippen molar-refractivity contribution >= 4 is 17.8 Å². The molecular formula is C22H27N3O2. The van der Waals surface area contributed by atoms with E-state index in [1.54, 1.807) is 13.0 Å². The number of amides is 1. The molecule has 2 heterocycles.